The first-order valence-corrected chi connectivity index (χ1v) is 0. The van der Waals surface area contributed by atoms with E-state index in [2.05, 4.69) is 0 Å². The van der Waals surface area contributed by atoms with Crippen molar-refractivity contribution in [2.75, 3.05) is 0 Å². The van der Waals surface area contributed by atoms with Gasteiger partial charge >= 0.3 is 69.8 Å². The van der Waals surface area contributed by atoms with Gasteiger partial charge in [0.1, 0.15) is 0 Å². The molecule has 0 fully saturated rings. The maximum absolute atomic E-state index is 0. The molecule has 0 saturated carbocycles. The Bertz CT molecular complexity index is 8.75. The van der Waals surface area contributed by atoms with E-state index in [4.69, 9.17) is 0 Å². The van der Waals surface area contributed by atoms with Crippen molar-refractivity contribution in [2.24, 2.45) is 0 Å². The Balaban J connectivity index is 0. The molecule has 0 unspecified atom stereocenters. The molecule has 0 spiro atoms. The molecule has 0 saturated heterocycles. The average Bonchev–Trinajstić information content (AvgIpc) is 0. The molecule has 0 aliphatic heterocycles. The fourth-order valence-corrected chi connectivity index (χ4v) is 0. The zero-order valence-corrected chi connectivity index (χ0v) is 11.0. The molecule has 0 N–H and O–H groups in total. The van der Waals surface area contributed by atoms with E-state index in [-0.39, 0.29) is 107 Å². The number of halogens is 3. The van der Waals surface area contributed by atoms with E-state index < -0.39 is 0 Å². The van der Waals surface area contributed by atoms with Crippen LogP contribution in [-0.4, -0.2) is 17.4 Å². The summed E-state index contributed by atoms with van der Waals surface area (Å²) < 4.78 is 0. The zero-order chi connectivity index (χ0) is 0. The standard InChI is InChI=1S/Al.3ClH.2Zr/h;3*1H;;/q+3;;;;2*+4/p-3. The molecule has 6 heavy (non-hydrogen) atoms. The van der Waals surface area contributed by atoms with Crippen LogP contribution in [-0.2, 0) is 52.4 Å². The van der Waals surface area contributed by atoms with Crippen LogP contribution in [0.1, 0.15) is 0 Å². The summed E-state index contributed by atoms with van der Waals surface area (Å²) in [7, 11) is 0. The van der Waals surface area contributed by atoms with Gasteiger partial charge in [-0.05, 0) is 0 Å². The molecule has 6 heteroatoms. The van der Waals surface area contributed by atoms with Gasteiger partial charge in [0, 0.05) is 0 Å². The maximum Gasteiger partial charge on any atom is 4.00 e. The molecule has 0 bridgehead atoms. The van der Waals surface area contributed by atoms with Crippen molar-refractivity contribution in [3.8, 4) is 0 Å². The first kappa shape index (κ1) is 60.9. The maximum atomic E-state index is 0. The topological polar surface area (TPSA) is 0 Å². The van der Waals surface area contributed by atoms with Gasteiger partial charge in [0.25, 0.3) is 0 Å². The van der Waals surface area contributed by atoms with Gasteiger partial charge in [0.2, 0.25) is 0 Å². The third-order valence-corrected chi connectivity index (χ3v) is 0. The predicted molar refractivity (Wildman–Crippen MR) is 5.75 cm³/mol. The Morgan fingerprint density at radius 2 is 0.500 bits per heavy atom. The Kier molecular flexibility index (Phi) is 425. The van der Waals surface area contributed by atoms with Crippen LogP contribution in [0.15, 0.2) is 0 Å². The largest absolute Gasteiger partial charge is 4.00 e. The van der Waals surface area contributed by atoms with Crippen molar-refractivity contribution in [2.45, 2.75) is 0 Å². The van der Waals surface area contributed by atoms with Crippen LogP contribution in [0, 0.1) is 0 Å². The van der Waals surface area contributed by atoms with E-state index in [1.54, 1.807) is 0 Å². The molecule has 0 aliphatic carbocycles. The third-order valence-electron chi connectivity index (χ3n) is 0. The van der Waals surface area contributed by atoms with Crippen LogP contribution >= 0.6 is 0 Å². The van der Waals surface area contributed by atoms with Gasteiger partial charge in [-0.2, -0.15) is 0 Å². The molecule has 0 nitrogen and oxygen atoms in total. The van der Waals surface area contributed by atoms with Crippen LogP contribution in [0.2, 0.25) is 0 Å². The Morgan fingerprint density at radius 3 is 0.500 bits per heavy atom. The molecule has 0 aromatic carbocycles. The van der Waals surface area contributed by atoms with Gasteiger partial charge in [-0.25, -0.2) is 0 Å². The van der Waals surface area contributed by atoms with Crippen molar-refractivity contribution in [1.29, 1.82) is 0 Å². The zero-order valence-electron chi connectivity index (χ0n) is 2.71. The molecule has 0 aromatic heterocycles. The van der Waals surface area contributed by atoms with Gasteiger partial charge in [0.05, 0.1) is 0 Å². The van der Waals surface area contributed by atoms with E-state index in [1.807, 2.05) is 0 Å². The fourth-order valence-electron chi connectivity index (χ4n) is 0. The molecule has 0 aliphatic rings. The molecular formula is AlCl3Zr2+8. The van der Waals surface area contributed by atoms with Crippen molar-refractivity contribution >= 4 is 17.4 Å². The second-order valence-corrected chi connectivity index (χ2v) is 0. The predicted octanol–water partition coefficient (Wildman–Crippen LogP) is -9.37. The average molecular weight is 316 g/mol. The normalized spacial score (nSPS) is 0. The van der Waals surface area contributed by atoms with Crippen LogP contribution in [0.25, 0.3) is 0 Å². The molecule has 0 rings (SSSR count). The van der Waals surface area contributed by atoms with E-state index in [0.29, 0.717) is 0 Å². The molecule has 0 radical (unpaired) electrons. The molecule has 0 amide bonds. The van der Waals surface area contributed by atoms with E-state index >= 15 is 0 Å². The van der Waals surface area contributed by atoms with E-state index in [9.17, 15) is 0 Å². The summed E-state index contributed by atoms with van der Waals surface area (Å²) in [6, 6.07) is 0. The monoisotopic (exact) mass is 312 g/mol. The van der Waals surface area contributed by atoms with Crippen LogP contribution < -0.4 is 37.2 Å². The summed E-state index contributed by atoms with van der Waals surface area (Å²) in [6.45, 7) is 0. The summed E-state index contributed by atoms with van der Waals surface area (Å²) >= 11 is 0. The summed E-state index contributed by atoms with van der Waals surface area (Å²) in [6.07, 6.45) is 0. The van der Waals surface area contributed by atoms with Gasteiger partial charge in [-0.1, -0.05) is 0 Å². The first-order valence-electron chi connectivity index (χ1n) is 0. The summed E-state index contributed by atoms with van der Waals surface area (Å²) in [5.74, 6) is 0. The second-order valence-electron chi connectivity index (χ2n) is 0. The molecule has 0 aromatic rings. The summed E-state index contributed by atoms with van der Waals surface area (Å²) in [5.41, 5.74) is 0. The molecular weight excluding hydrogens is 316 g/mol. The van der Waals surface area contributed by atoms with E-state index in [0.717, 1.165) is 0 Å². The minimum absolute atomic E-state index is 0. The van der Waals surface area contributed by atoms with Crippen molar-refractivity contribution < 1.29 is 89.6 Å². The Hall–Kier alpha value is 3.17. The Labute approximate surface area is 105 Å². The summed E-state index contributed by atoms with van der Waals surface area (Å²) in [4.78, 5) is 0. The van der Waals surface area contributed by atoms with Crippen molar-refractivity contribution in [1.82, 2.24) is 0 Å². The third kappa shape index (κ3) is 27.2. The number of hydrogen-bond acceptors (Lipinski definition) is 0. The number of hydrogen-bond donors (Lipinski definition) is 0. The van der Waals surface area contributed by atoms with Crippen molar-refractivity contribution in [3.63, 3.8) is 0 Å². The minimum Gasteiger partial charge on any atom is -1.00 e. The van der Waals surface area contributed by atoms with Gasteiger partial charge in [-0.15, -0.1) is 0 Å². The van der Waals surface area contributed by atoms with Gasteiger partial charge < -0.3 is 37.2 Å². The van der Waals surface area contributed by atoms with Crippen molar-refractivity contribution in [3.05, 3.63) is 0 Å². The van der Waals surface area contributed by atoms with Gasteiger partial charge in [-0.3, -0.25) is 0 Å². The Morgan fingerprint density at radius 1 is 0.500 bits per heavy atom. The molecule has 24 valence electrons. The van der Waals surface area contributed by atoms with Crippen LogP contribution in [0.4, 0.5) is 0 Å². The minimum atomic E-state index is 0. The SMILES string of the molecule is [Al+3].[Cl-].[Cl-].[Cl-].[Zr+4].[Zr+4]. The first-order chi connectivity index (χ1) is 0. The van der Waals surface area contributed by atoms with E-state index in [1.165, 1.54) is 0 Å². The molecule has 0 heterocycles. The van der Waals surface area contributed by atoms with Crippen LogP contribution in [0.3, 0.4) is 0 Å². The second kappa shape index (κ2) is 41.8. The fraction of sp³-hybridized carbons (Fsp3) is 0. The molecule has 0 atom stereocenters. The quantitative estimate of drug-likeness (QED) is 0.390. The van der Waals surface area contributed by atoms with Gasteiger partial charge in [0.15, 0.2) is 0 Å². The summed E-state index contributed by atoms with van der Waals surface area (Å²) in [5, 5.41) is 0. The number of rotatable bonds is 0. The smallest absolute Gasteiger partial charge is 1.00 e. The van der Waals surface area contributed by atoms with Crippen LogP contribution in [0.5, 0.6) is 0 Å².